The van der Waals surface area contributed by atoms with Crippen molar-refractivity contribution in [2.24, 2.45) is 0 Å². The molecular weight excluding hydrogens is 1380 g/mol. The van der Waals surface area contributed by atoms with E-state index in [2.05, 4.69) is 425 Å². The molecular formula is C110H72N4. The Morgan fingerprint density at radius 1 is 0.140 bits per heavy atom. The highest BCUT2D eigenvalue weighted by atomic mass is 14.7. The number of fused-ring (bicyclic) bond motifs is 8. The first-order chi connectivity index (χ1) is 56.5. The van der Waals surface area contributed by atoms with Crippen LogP contribution >= 0.6 is 0 Å². The van der Waals surface area contributed by atoms with Gasteiger partial charge in [0.05, 0.1) is 39.1 Å². The molecule has 0 saturated heterocycles. The van der Waals surface area contributed by atoms with Crippen molar-refractivity contribution >= 4 is 65.2 Å². The monoisotopic (exact) mass is 1450 g/mol. The van der Waals surface area contributed by atoms with Crippen molar-refractivity contribution in [3.8, 4) is 145 Å². The van der Waals surface area contributed by atoms with Gasteiger partial charge in [-0.3, -0.25) is 4.98 Å². The summed E-state index contributed by atoms with van der Waals surface area (Å²) in [6.07, 6.45) is 1.97. The van der Waals surface area contributed by atoms with E-state index in [1.165, 1.54) is 77.5 Å². The molecule has 17 aromatic carbocycles. The minimum Gasteiger partial charge on any atom is -0.256 e. The molecule has 0 spiro atoms. The van der Waals surface area contributed by atoms with Crippen molar-refractivity contribution < 1.29 is 0 Å². The van der Waals surface area contributed by atoms with Crippen LogP contribution in [-0.2, 0) is 0 Å². The summed E-state index contributed by atoms with van der Waals surface area (Å²) in [4.78, 5) is 20.8. The van der Waals surface area contributed by atoms with Crippen molar-refractivity contribution in [3.05, 3.63) is 437 Å². The molecule has 0 amide bonds. The number of hydrogen-bond donors (Lipinski definition) is 0. The van der Waals surface area contributed by atoms with E-state index >= 15 is 0 Å². The van der Waals surface area contributed by atoms with Crippen LogP contribution in [0.1, 0.15) is 0 Å². The average Bonchev–Trinajstić information content (AvgIpc) is 0.743. The van der Waals surface area contributed by atoms with E-state index in [-0.39, 0.29) is 0 Å². The second-order valence-electron chi connectivity index (χ2n) is 29.1. The molecule has 0 bridgehead atoms. The van der Waals surface area contributed by atoms with E-state index in [1.807, 2.05) is 12.3 Å². The highest BCUT2D eigenvalue weighted by molar-refractivity contribution is 6.18. The van der Waals surface area contributed by atoms with Crippen LogP contribution in [-0.4, -0.2) is 19.9 Å². The Hall–Kier alpha value is -15.1. The summed E-state index contributed by atoms with van der Waals surface area (Å²) < 4.78 is 0. The fraction of sp³-hybridized carbons (Fsp3) is 0. The van der Waals surface area contributed by atoms with Crippen molar-refractivity contribution in [2.75, 3.05) is 0 Å². The molecule has 0 N–H and O–H groups in total. The van der Waals surface area contributed by atoms with Crippen LogP contribution < -0.4 is 0 Å². The van der Waals surface area contributed by atoms with Gasteiger partial charge in [-0.15, -0.1) is 0 Å². The standard InChI is InChI=1S/C58H38N2.C52H34N2/c1-4-14-39(15-5-1)41-24-28-45(29-25-41)53-38-57(47-32-26-42(27-33-47)40-16-6-2-7-17-40)60-58-50-22-11-10-20-48(50)51(36-54(53)58)44-30-34-46(35-31-44)56-37-52(43-18-8-3-9-19-43)49-21-12-13-23-55(49)59-56;1-3-11-35(12-4-1)37-19-25-41(26-20-37)48-33-51(42-29-23-38(24-30-42)36-13-5-2-6-14-36)54-52-46-17-9-8-16-45(46)47(32-49(48)52)40-27-21-39(22-28-40)44-31-43-15-7-10-18-50(43)53-34-44/h1-38H;1-34H. The average molecular weight is 1450 g/mol. The molecule has 0 atom stereocenters. The third kappa shape index (κ3) is 13.4. The zero-order chi connectivity index (χ0) is 75.7. The molecule has 0 aliphatic heterocycles. The van der Waals surface area contributed by atoms with Crippen molar-refractivity contribution in [1.82, 2.24) is 19.9 Å². The summed E-state index contributed by atoms with van der Waals surface area (Å²) in [6.45, 7) is 0. The zero-order valence-electron chi connectivity index (χ0n) is 62.4. The van der Waals surface area contributed by atoms with Gasteiger partial charge in [-0.1, -0.05) is 382 Å². The highest BCUT2D eigenvalue weighted by Crippen LogP contribution is 2.45. The molecule has 0 saturated carbocycles. The predicted octanol–water partition coefficient (Wildman–Crippen LogP) is 29.5. The number of aromatic nitrogens is 4. The van der Waals surface area contributed by atoms with Gasteiger partial charge in [0, 0.05) is 60.8 Å². The summed E-state index contributed by atoms with van der Waals surface area (Å²) in [5.74, 6) is 0. The largest absolute Gasteiger partial charge is 0.256 e. The molecule has 114 heavy (non-hydrogen) atoms. The Morgan fingerprint density at radius 3 is 0.763 bits per heavy atom. The Morgan fingerprint density at radius 2 is 0.386 bits per heavy atom. The number of hydrogen-bond acceptors (Lipinski definition) is 4. The van der Waals surface area contributed by atoms with Gasteiger partial charge in [0.25, 0.3) is 0 Å². The van der Waals surface area contributed by atoms with Crippen molar-refractivity contribution in [3.63, 3.8) is 0 Å². The maximum absolute atomic E-state index is 5.47. The lowest BCUT2D eigenvalue weighted by Crippen LogP contribution is -1.94. The van der Waals surface area contributed by atoms with Crippen LogP contribution in [0.4, 0.5) is 0 Å². The minimum atomic E-state index is 0.948. The van der Waals surface area contributed by atoms with Gasteiger partial charge in [0.15, 0.2) is 0 Å². The van der Waals surface area contributed by atoms with Crippen LogP contribution in [0.25, 0.3) is 210 Å². The van der Waals surface area contributed by atoms with Crippen LogP contribution in [0.2, 0.25) is 0 Å². The molecule has 4 aromatic heterocycles. The first-order valence-corrected chi connectivity index (χ1v) is 38.9. The normalized spacial score (nSPS) is 11.3. The molecule has 0 unspecified atom stereocenters. The smallest absolute Gasteiger partial charge is 0.0794 e. The molecule has 532 valence electrons. The van der Waals surface area contributed by atoms with E-state index in [9.17, 15) is 0 Å². The Labute approximate surface area is 662 Å². The number of rotatable bonds is 13. The van der Waals surface area contributed by atoms with E-state index in [1.54, 1.807) is 0 Å². The molecule has 21 rings (SSSR count). The zero-order valence-corrected chi connectivity index (χ0v) is 62.4. The first kappa shape index (κ1) is 68.2. The Kier molecular flexibility index (Phi) is 18.0. The van der Waals surface area contributed by atoms with Gasteiger partial charge < -0.3 is 0 Å². The van der Waals surface area contributed by atoms with Gasteiger partial charge in [-0.05, 0) is 165 Å². The van der Waals surface area contributed by atoms with Gasteiger partial charge in [-0.2, -0.15) is 0 Å². The molecule has 4 heteroatoms. The highest BCUT2D eigenvalue weighted by Gasteiger charge is 2.21. The first-order valence-electron chi connectivity index (χ1n) is 38.9. The Balaban J connectivity index is 0.000000149. The summed E-state index contributed by atoms with van der Waals surface area (Å²) in [5, 5.41) is 9.15. The molecule has 21 aromatic rings. The molecule has 4 heterocycles. The molecule has 0 aliphatic carbocycles. The topological polar surface area (TPSA) is 51.6 Å². The molecule has 4 nitrogen and oxygen atoms in total. The maximum Gasteiger partial charge on any atom is 0.0794 e. The summed E-state index contributed by atoms with van der Waals surface area (Å²) in [7, 11) is 0. The SMILES string of the molecule is c1ccc(-c2ccc(-c3cc(-c4ccc(-c5ccccc5)cc4)c4cc(-c5ccc(-c6cc(-c7ccccc7)c7ccccc7n6)cc5)c5ccccc5c4n3)cc2)cc1.c1ccc(-c2ccc(-c3cc(-c4ccc(-c5ccccc5)cc4)c4cc(-c5ccc(-c6cnc7ccccc7c6)cc5)c5ccccc5c4n3)cc2)cc1. The third-order valence-electron chi connectivity index (χ3n) is 22.2. The maximum atomic E-state index is 5.47. The van der Waals surface area contributed by atoms with E-state index < -0.39 is 0 Å². The lowest BCUT2D eigenvalue weighted by atomic mass is 9.90. The van der Waals surface area contributed by atoms with E-state index in [0.29, 0.717) is 0 Å². The number of para-hydroxylation sites is 2. The van der Waals surface area contributed by atoms with Gasteiger partial charge in [0.1, 0.15) is 0 Å². The fourth-order valence-corrected chi connectivity index (χ4v) is 16.3. The van der Waals surface area contributed by atoms with Crippen molar-refractivity contribution in [1.29, 1.82) is 0 Å². The number of benzene rings is 17. The predicted molar refractivity (Wildman–Crippen MR) is 480 cm³/mol. The van der Waals surface area contributed by atoms with Gasteiger partial charge >= 0.3 is 0 Å². The second kappa shape index (κ2) is 30.1. The van der Waals surface area contributed by atoms with Gasteiger partial charge in [0.2, 0.25) is 0 Å². The fourth-order valence-electron chi connectivity index (χ4n) is 16.3. The number of nitrogens with zero attached hydrogens (tertiary/aromatic N) is 4. The molecule has 0 radical (unpaired) electrons. The summed E-state index contributed by atoms with van der Waals surface area (Å²) in [6, 6.07) is 154. The quantitative estimate of drug-likeness (QED) is 0.108. The van der Waals surface area contributed by atoms with Crippen LogP contribution in [0.3, 0.4) is 0 Å². The van der Waals surface area contributed by atoms with Crippen molar-refractivity contribution in [2.45, 2.75) is 0 Å². The minimum absolute atomic E-state index is 0.948. The summed E-state index contributed by atoms with van der Waals surface area (Å²) in [5.41, 5.74) is 33.6. The van der Waals surface area contributed by atoms with E-state index in [4.69, 9.17) is 19.9 Å². The van der Waals surface area contributed by atoms with Crippen LogP contribution in [0, 0.1) is 0 Å². The van der Waals surface area contributed by atoms with E-state index in [0.717, 1.165) is 133 Å². The molecule has 0 aliphatic rings. The lowest BCUT2D eigenvalue weighted by molar-refractivity contribution is 1.40. The lowest BCUT2D eigenvalue weighted by Gasteiger charge is -2.16. The summed E-state index contributed by atoms with van der Waals surface area (Å²) >= 11 is 0. The van der Waals surface area contributed by atoms with Crippen LogP contribution in [0.15, 0.2) is 437 Å². The second-order valence-corrected chi connectivity index (χ2v) is 29.1. The van der Waals surface area contributed by atoms with Gasteiger partial charge in [-0.25, -0.2) is 15.0 Å². The molecule has 0 fully saturated rings. The number of pyridine rings is 4. The van der Waals surface area contributed by atoms with Crippen LogP contribution in [0.5, 0.6) is 0 Å². The Bertz CT molecular complexity index is 7100. The third-order valence-corrected chi connectivity index (χ3v) is 22.2.